The lowest BCUT2D eigenvalue weighted by Crippen LogP contribution is -2.46. The van der Waals surface area contributed by atoms with Crippen LogP contribution < -0.4 is 0 Å². The first kappa shape index (κ1) is 14.5. The molecule has 0 aromatic heterocycles. The van der Waals surface area contributed by atoms with E-state index < -0.39 is 10.0 Å². The van der Waals surface area contributed by atoms with Crippen LogP contribution in [0.15, 0.2) is 12.7 Å². The Labute approximate surface area is 115 Å². The highest BCUT2D eigenvalue weighted by atomic mass is 32.2. The maximum atomic E-state index is 12.5. The minimum Gasteiger partial charge on any atom is -0.339 e. The zero-order chi connectivity index (χ0) is 14.0. The summed E-state index contributed by atoms with van der Waals surface area (Å²) in [6.45, 7) is 7.86. The molecule has 1 amide bonds. The number of carbonyl (C=O) groups excluding carboxylic acids is 1. The summed E-state index contributed by atoms with van der Waals surface area (Å²) >= 11 is 0. The summed E-state index contributed by atoms with van der Waals surface area (Å²) in [6.07, 6.45) is 3.31. The summed E-state index contributed by atoms with van der Waals surface area (Å²) in [7, 11) is -3.18. The van der Waals surface area contributed by atoms with Crippen LogP contribution in [0.4, 0.5) is 0 Å². The Morgan fingerprint density at radius 3 is 2.32 bits per heavy atom. The summed E-state index contributed by atoms with van der Waals surface area (Å²) < 4.78 is 26.6. The molecule has 2 aliphatic rings. The SMILES string of the molecule is C=CC(=O)N1CCC(S(=O)(=O)N2CCC(C)C2)CC1. The maximum absolute atomic E-state index is 12.5. The Balaban J connectivity index is 1.97. The average molecular weight is 286 g/mol. The van der Waals surface area contributed by atoms with E-state index in [0.29, 0.717) is 44.9 Å². The molecule has 0 radical (unpaired) electrons. The fraction of sp³-hybridized carbons (Fsp3) is 0.769. The van der Waals surface area contributed by atoms with Crippen molar-refractivity contribution < 1.29 is 13.2 Å². The van der Waals surface area contributed by atoms with Crippen LogP contribution in [0, 0.1) is 5.92 Å². The van der Waals surface area contributed by atoms with E-state index in [1.165, 1.54) is 6.08 Å². The van der Waals surface area contributed by atoms with Gasteiger partial charge >= 0.3 is 0 Å². The molecule has 2 fully saturated rings. The highest BCUT2D eigenvalue weighted by Crippen LogP contribution is 2.26. The third-order valence-corrected chi connectivity index (χ3v) is 6.46. The molecule has 2 aliphatic heterocycles. The molecule has 0 spiro atoms. The van der Waals surface area contributed by atoms with Crippen molar-refractivity contribution in [2.24, 2.45) is 5.92 Å². The maximum Gasteiger partial charge on any atom is 0.245 e. The monoisotopic (exact) mass is 286 g/mol. The van der Waals surface area contributed by atoms with Crippen molar-refractivity contribution in [1.82, 2.24) is 9.21 Å². The molecule has 1 unspecified atom stereocenters. The van der Waals surface area contributed by atoms with E-state index in [1.807, 2.05) is 0 Å². The van der Waals surface area contributed by atoms with Crippen molar-refractivity contribution >= 4 is 15.9 Å². The van der Waals surface area contributed by atoms with Gasteiger partial charge in [-0.25, -0.2) is 12.7 Å². The summed E-state index contributed by atoms with van der Waals surface area (Å²) in [5.41, 5.74) is 0. The number of amides is 1. The number of hydrogen-bond acceptors (Lipinski definition) is 3. The zero-order valence-electron chi connectivity index (χ0n) is 11.4. The Hall–Kier alpha value is -0.880. The first-order valence-corrected chi connectivity index (χ1v) is 8.35. The van der Waals surface area contributed by atoms with Crippen LogP contribution in [0.25, 0.3) is 0 Å². The molecule has 2 saturated heterocycles. The second kappa shape index (κ2) is 5.63. The smallest absolute Gasteiger partial charge is 0.245 e. The molecule has 6 heteroatoms. The highest BCUT2D eigenvalue weighted by molar-refractivity contribution is 7.89. The van der Waals surface area contributed by atoms with Gasteiger partial charge in [0.2, 0.25) is 15.9 Å². The van der Waals surface area contributed by atoms with Crippen molar-refractivity contribution in [3.8, 4) is 0 Å². The van der Waals surface area contributed by atoms with Gasteiger partial charge < -0.3 is 4.90 Å². The molecule has 108 valence electrons. The van der Waals surface area contributed by atoms with E-state index in [-0.39, 0.29) is 11.2 Å². The van der Waals surface area contributed by atoms with Gasteiger partial charge in [0.25, 0.3) is 0 Å². The Bertz CT molecular complexity index is 453. The van der Waals surface area contributed by atoms with Gasteiger partial charge in [0, 0.05) is 26.2 Å². The van der Waals surface area contributed by atoms with Crippen molar-refractivity contribution in [2.75, 3.05) is 26.2 Å². The molecule has 1 atom stereocenters. The third kappa shape index (κ3) is 3.00. The minimum atomic E-state index is -3.18. The van der Waals surface area contributed by atoms with E-state index in [2.05, 4.69) is 13.5 Å². The van der Waals surface area contributed by atoms with Crippen LogP contribution in [0.5, 0.6) is 0 Å². The average Bonchev–Trinajstić information content (AvgIpc) is 2.85. The molecular weight excluding hydrogens is 264 g/mol. The van der Waals surface area contributed by atoms with Crippen LogP contribution in [-0.4, -0.2) is 55.0 Å². The molecule has 2 heterocycles. The molecule has 0 bridgehead atoms. The molecular formula is C13H22N2O3S. The van der Waals surface area contributed by atoms with Crippen molar-refractivity contribution in [2.45, 2.75) is 31.4 Å². The first-order valence-electron chi connectivity index (χ1n) is 6.85. The normalized spacial score (nSPS) is 26.6. The lowest BCUT2D eigenvalue weighted by Gasteiger charge is -2.33. The molecule has 0 N–H and O–H groups in total. The van der Waals surface area contributed by atoms with Crippen LogP contribution in [0.2, 0.25) is 0 Å². The van der Waals surface area contributed by atoms with Crippen LogP contribution >= 0.6 is 0 Å². The third-order valence-electron chi connectivity index (χ3n) is 4.10. The van der Waals surface area contributed by atoms with Gasteiger partial charge in [0.15, 0.2) is 0 Å². The largest absolute Gasteiger partial charge is 0.339 e. The van der Waals surface area contributed by atoms with E-state index in [4.69, 9.17) is 0 Å². The number of sulfonamides is 1. The Morgan fingerprint density at radius 2 is 1.84 bits per heavy atom. The summed E-state index contributed by atoms with van der Waals surface area (Å²) in [6, 6.07) is 0. The van der Waals surface area contributed by atoms with Crippen LogP contribution in [0.3, 0.4) is 0 Å². The number of likely N-dealkylation sites (tertiary alicyclic amines) is 1. The van der Waals surface area contributed by atoms with E-state index in [9.17, 15) is 13.2 Å². The lowest BCUT2D eigenvalue weighted by atomic mass is 10.1. The highest BCUT2D eigenvalue weighted by Gasteiger charge is 2.37. The standard InChI is InChI=1S/C13H22N2O3S/c1-3-13(16)14-7-5-12(6-8-14)19(17,18)15-9-4-11(2)10-15/h3,11-12H,1,4-10H2,2H3. The van der Waals surface area contributed by atoms with Gasteiger partial charge in [-0.2, -0.15) is 0 Å². The van der Waals surface area contributed by atoms with Gasteiger partial charge in [-0.15, -0.1) is 0 Å². The van der Waals surface area contributed by atoms with E-state index in [0.717, 1.165) is 6.42 Å². The van der Waals surface area contributed by atoms with Gasteiger partial charge in [0.1, 0.15) is 0 Å². The molecule has 0 aromatic carbocycles. The summed E-state index contributed by atoms with van der Waals surface area (Å²) in [5.74, 6) is 0.350. The predicted molar refractivity (Wildman–Crippen MR) is 74.1 cm³/mol. The molecule has 5 nitrogen and oxygen atoms in total. The number of carbonyl (C=O) groups is 1. The van der Waals surface area contributed by atoms with Crippen molar-refractivity contribution in [3.05, 3.63) is 12.7 Å². The number of hydrogen-bond donors (Lipinski definition) is 0. The van der Waals surface area contributed by atoms with Gasteiger partial charge in [-0.1, -0.05) is 13.5 Å². The second-order valence-corrected chi connectivity index (χ2v) is 7.74. The van der Waals surface area contributed by atoms with Crippen LogP contribution in [-0.2, 0) is 14.8 Å². The predicted octanol–water partition coefficient (Wildman–Crippen LogP) is 0.835. The molecule has 0 aromatic rings. The van der Waals surface area contributed by atoms with E-state index >= 15 is 0 Å². The van der Waals surface area contributed by atoms with E-state index in [1.54, 1.807) is 9.21 Å². The quantitative estimate of drug-likeness (QED) is 0.722. The molecule has 0 aliphatic carbocycles. The summed E-state index contributed by atoms with van der Waals surface area (Å²) in [5, 5.41) is -0.327. The Kier molecular flexibility index (Phi) is 4.30. The van der Waals surface area contributed by atoms with Crippen molar-refractivity contribution in [3.63, 3.8) is 0 Å². The molecule has 19 heavy (non-hydrogen) atoms. The number of rotatable bonds is 3. The fourth-order valence-electron chi connectivity index (χ4n) is 2.84. The van der Waals surface area contributed by atoms with Gasteiger partial charge in [-0.3, -0.25) is 4.79 Å². The van der Waals surface area contributed by atoms with Crippen molar-refractivity contribution in [1.29, 1.82) is 0 Å². The summed E-state index contributed by atoms with van der Waals surface area (Å²) in [4.78, 5) is 13.1. The minimum absolute atomic E-state index is 0.106. The fourth-order valence-corrected chi connectivity index (χ4v) is 4.89. The zero-order valence-corrected chi connectivity index (χ0v) is 12.2. The first-order chi connectivity index (χ1) is 8.95. The topological polar surface area (TPSA) is 57.7 Å². The number of nitrogens with zero attached hydrogens (tertiary/aromatic N) is 2. The molecule has 2 rings (SSSR count). The Morgan fingerprint density at radius 1 is 1.21 bits per heavy atom. The lowest BCUT2D eigenvalue weighted by molar-refractivity contribution is -0.126. The van der Waals surface area contributed by atoms with Crippen LogP contribution in [0.1, 0.15) is 26.2 Å². The molecule has 0 saturated carbocycles. The second-order valence-electron chi connectivity index (χ2n) is 5.53. The number of piperidine rings is 1. The van der Waals surface area contributed by atoms with Gasteiger partial charge in [0.05, 0.1) is 5.25 Å². The van der Waals surface area contributed by atoms with Gasteiger partial charge in [-0.05, 0) is 31.3 Å².